The number of carbonyl (C=O) groups is 4. The Bertz CT molecular complexity index is 1570. The van der Waals surface area contributed by atoms with Crippen molar-refractivity contribution in [1.29, 1.82) is 0 Å². The molecule has 41 heavy (non-hydrogen) atoms. The second-order valence-corrected chi connectivity index (χ2v) is 10.3. The summed E-state index contributed by atoms with van der Waals surface area (Å²) in [4.78, 5) is 50.6. The van der Waals surface area contributed by atoms with Crippen LogP contribution < -0.4 is 16.0 Å². The van der Waals surface area contributed by atoms with Gasteiger partial charge in [-0.15, -0.1) is 11.8 Å². The fourth-order valence-electron chi connectivity index (χ4n) is 3.71. The molecular formula is C32H27N3O5S. The molecule has 8 nitrogen and oxygen atoms in total. The molecular weight excluding hydrogens is 538 g/mol. The lowest BCUT2D eigenvalue weighted by Crippen LogP contribution is -2.30. The number of carboxylic acid groups (broad SMARTS) is 1. The number of carboxylic acids is 1. The van der Waals surface area contributed by atoms with Crippen molar-refractivity contribution < 1.29 is 24.3 Å². The minimum absolute atomic E-state index is 0.0840. The molecule has 0 aliphatic rings. The van der Waals surface area contributed by atoms with Crippen LogP contribution in [0.3, 0.4) is 0 Å². The van der Waals surface area contributed by atoms with Crippen molar-refractivity contribution in [2.45, 2.75) is 17.1 Å². The molecule has 1 unspecified atom stereocenters. The first-order valence-electron chi connectivity index (χ1n) is 12.6. The summed E-state index contributed by atoms with van der Waals surface area (Å²) < 4.78 is 0. The fraction of sp³-hybridized carbons (Fsp3) is 0.0625. The highest BCUT2D eigenvalue weighted by Gasteiger charge is 2.17. The van der Waals surface area contributed by atoms with Crippen LogP contribution in [-0.2, 0) is 9.59 Å². The van der Waals surface area contributed by atoms with E-state index in [1.54, 1.807) is 79.7 Å². The summed E-state index contributed by atoms with van der Waals surface area (Å²) in [5, 5.41) is 16.9. The largest absolute Gasteiger partial charge is 0.478 e. The number of nitrogens with one attached hydrogen (secondary N) is 3. The predicted octanol–water partition coefficient (Wildman–Crippen LogP) is 5.91. The van der Waals surface area contributed by atoms with Crippen LogP contribution in [0.2, 0.25) is 0 Å². The van der Waals surface area contributed by atoms with E-state index in [0.29, 0.717) is 16.9 Å². The van der Waals surface area contributed by atoms with Crippen molar-refractivity contribution in [1.82, 2.24) is 5.32 Å². The summed E-state index contributed by atoms with van der Waals surface area (Å²) in [6.45, 7) is 1.74. The van der Waals surface area contributed by atoms with Gasteiger partial charge in [-0.2, -0.15) is 0 Å². The summed E-state index contributed by atoms with van der Waals surface area (Å²) in [6, 6.07) is 30.8. The van der Waals surface area contributed by atoms with Gasteiger partial charge in [0.15, 0.2) is 0 Å². The molecule has 0 saturated carbocycles. The number of benzene rings is 4. The summed E-state index contributed by atoms with van der Waals surface area (Å²) in [7, 11) is 0. The van der Waals surface area contributed by atoms with Gasteiger partial charge in [-0.1, -0.05) is 54.6 Å². The molecule has 0 aliphatic carbocycles. The maximum atomic E-state index is 13.2. The second kappa shape index (κ2) is 13.8. The normalized spacial score (nSPS) is 11.7. The highest BCUT2D eigenvalue weighted by molar-refractivity contribution is 8.00. The molecule has 0 aromatic heterocycles. The number of anilines is 2. The predicted molar refractivity (Wildman–Crippen MR) is 161 cm³/mol. The third kappa shape index (κ3) is 8.42. The third-order valence-corrected chi connectivity index (χ3v) is 6.92. The van der Waals surface area contributed by atoms with Gasteiger partial charge in [-0.25, -0.2) is 4.79 Å². The van der Waals surface area contributed by atoms with Crippen LogP contribution in [-0.4, -0.2) is 34.0 Å². The van der Waals surface area contributed by atoms with E-state index < -0.39 is 23.0 Å². The van der Waals surface area contributed by atoms with E-state index in [1.165, 1.54) is 23.9 Å². The quantitative estimate of drug-likeness (QED) is 0.140. The number of amides is 3. The Labute approximate surface area is 241 Å². The van der Waals surface area contributed by atoms with Gasteiger partial charge in [-0.05, 0) is 73.2 Å². The minimum atomic E-state index is -1.07. The van der Waals surface area contributed by atoms with E-state index in [9.17, 15) is 19.2 Å². The molecule has 1 atom stereocenters. The summed E-state index contributed by atoms with van der Waals surface area (Å²) >= 11 is 1.31. The molecule has 0 spiro atoms. The Kier molecular flexibility index (Phi) is 9.69. The first-order valence-corrected chi connectivity index (χ1v) is 13.5. The highest BCUT2D eigenvalue weighted by atomic mass is 32.2. The molecule has 4 N–H and O–H groups in total. The monoisotopic (exact) mass is 565 g/mol. The van der Waals surface area contributed by atoms with Crippen LogP contribution >= 0.6 is 11.8 Å². The van der Waals surface area contributed by atoms with E-state index in [4.69, 9.17) is 5.11 Å². The number of rotatable bonds is 10. The Morgan fingerprint density at radius 1 is 0.732 bits per heavy atom. The average molecular weight is 566 g/mol. The van der Waals surface area contributed by atoms with E-state index >= 15 is 0 Å². The second-order valence-electron chi connectivity index (χ2n) is 8.90. The van der Waals surface area contributed by atoms with Crippen LogP contribution in [0.1, 0.15) is 33.2 Å². The molecule has 0 saturated heterocycles. The van der Waals surface area contributed by atoms with Gasteiger partial charge in [0.1, 0.15) is 5.70 Å². The molecule has 0 fully saturated rings. The molecule has 0 aliphatic heterocycles. The van der Waals surface area contributed by atoms with Crippen LogP contribution in [0.25, 0.3) is 6.08 Å². The van der Waals surface area contributed by atoms with Crippen molar-refractivity contribution >= 4 is 52.9 Å². The lowest BCUT2D eigenvalue weighted by molar-refractivity contribution is -0.115. The SMILES string of the molecule is CC(Sc1ccc(NC(=O)/C(=C/c2ccccc2)NC(=O)c2ccccc2)cc1)C(=O)Nc1cccc(C(=O)O)c1. The summed E-state index contributed by atoms with van der Waals surface area (Å²) in [5.74, 6) is -2.25. The topological polar surface area (TPSA) is 125 Å². The zero-order valence-corrected chi connectivity index (χ0v) is 22.9. The van der Waals surface area contributed by atoms with Crippen molar-refractivity contribution in [2.75, 3.05) is 10.6 Å². The van der Waals surface area contributed by atoms with Crippen molar-refractivity contribution in [3.05, 3.63) is 132 Å². The van der Waals surface area contributed by atoms with E-state index in [2.05, 4.69) is 16.0 Å². The van der Waals surface area contributed by atoms with Gasteiger partial charge in [0.2, 0.25) is 5.91 Å². The summed E-state index contributed by atoms with van der Waals surface area (Å²) in [5.41, 5.74) is 2.25. The first-order chi connectivity index (χ1) is 19.8. The van der Waals surface area contributed by atoms with E-state index in [-0.39, 0.29) is 17.2 Å². The maximum absolute atomic E-state index is 13.2. The number of hydrogen-bond donors (Lipinski definition) is 4. The Morgan fingerprint density at radius 2 is 1.37 bits per heavy atom. The smallest absolute Gasteiger partial charge is 0.335 e. The van der Waals surface area contributed by atoms with Gasteiger partial charge >= 0.3 is 5.97 Å². The number of thioether (sulfide) groups is 1. The van der Waals surface area contributed by atoms with Gasteiger partial charge in [0, 0.05) is 21.8 Å². The highest BCUT2D eigenvalue weighted by Crippen LogP contribution is 2.26. The molecule has 3 amide bonds. The lowest BCUT2D eigenvalue weighted by atomic mass is 10.1. The Balaban J connectivity index is 1.40. The Hall–Kier alpha value is -5.15. The molecule has 0 bridgehead atoms. The number of hydrogen-bond acceptors (Lipinski definition) is 5. The standard InChI is InChI=1S/C32H27N3O5S/c1-21(29(36)34-26-14-8-13-24(20-26)32(39)40)41-27-17-15-25(16-18-27)33-31(38)28(19-22-9-4-2-5-10-22)35-30(37)23-11-6-3-7-12-23/h2-21H,1H3,(H,33,38)(H,34,36)(H,35,37)(H,39,40)/b28-19-. The lowest BCUT2D eigenvalue weighted by Gasteiger charge is -2.14. The molecule has 4 rings (SSSR count). The van der Waals surface area contributed by atoms with Gasteiger partial charge in [-0.3, -0.25) is 14.4 Å². The zero-order valence-electron chi connectivity index (χ0n) is 22.0. The van der Waals surface area contributed by atoms with Crippen molar-refractivity contribution in [3.8, 4) is 0 Å². The molecule has 4 aromatic carbocycles. The zero-order chi connectivity index (χ0) is 29.2. The number of aromatic carboxylic acids is 1. The minimum Gasteiger partial charge on any atom is -0.478 e. The molecule has 206 valence electrons. The van der Waals surface area contributed by atoms with Crippen LogP contribution in [0, 0.1) is 0 Å². The maximum Gasteiger partial charge on any atom is 0.335 e. The van der Waals surface area contributed by atoms with Crippen LogP contribution in [0.15, 0.2) is 120 Å². The molecule has 0 radical (unpaired) electrons. The van der Waals surface area contributed by atoms with E-state index in [0.717, 1.165) is 10.5 Å². The van der Waals surface area contributed by atoms with Crippen molar-refractivity contribution in [3.63, 3.8) is 0 Å². The van der Waals surface area contributed by atoms with Crippen molar-refractivity contribution in [2.24, 2.45) is 0 Å². The summed E-state index contributed by atoms with van der Waals surface area (Å²) in [6.07, 6.45) is 1.60. The first kappa shape index (κ1) is 28.8. The molecule has 9 heteroatoms. The third-order valence-electron chi connectivity index (χ3n) is 5.81. The Morgan fingerprint density at radius 3 is 2.02 bits per heavy atom. The molecule has 0 heterocycles. The average Bonchev–Trinajstić information content (AvgIpc) is 2.98. The van der Waals surface area contributed by atoms with Crippen LogP contribution in [0.5, 0.6) is 0 Å². The van der Waals surface area contributed by atoms with Gasteiger partial charge < -0.3 is 21.1 Å². The van der Waals surface area contributed by atoms with Crippen LogP contribution in [0.4, 0.5) is 11.4 Å². The fourth-order valence-corrected chi connectivity index (χ4v) is 4.57. The van der Waals surface area contributed by atoms with Gasteiger partial charge in [0.05, 0.1) is 10.8 Å². The number of carbonyl (C=O) groups excluding carboxylic acids is 3. The molecule has 4 aromatic rings. The van der Waals surface area contributed by atoms with E-state index in [1.807, 2.05) is 30.3 Å². The van der Waals surface area contributed by atoms with Gasteiger partial charge in [0.25, 0.3) is 11.8 Å².